The van der Waals surface area contributed by atoms with E-state index < -0.39 is 10.4 Å². The summed E-state index contributed by atoms with van der Waals surface area (Å²) in [5.41, 5.74) is 1.49. The molecule has 1 rings (SSSR count). The summed E-state index contributed by atoms with van der Waals surface area (Å²) in [5.74, 6) is 0. The van der Waals surface area contributed by atoms with Crippen molar-refractivity contribution in [2.24, 2.45) is 0 Å². The van der Waals surface area contributed by atoms with Gasteiger partial charge >= 0.3 is 10.4 Å². The lowest BCUT2D eigenvalue weighted by atomic mass is 10.1. The summed E-state index contributed by atoms with van der Waals surface area (Å²) in [6, 6.07) is 10.8. The molecule has 1 aromatic rings. The van der Waals surface area contributed by atoms with Crippen LogP contribution in [0.2, 0.25) is 0 Å². The Morgan fingerprint density at radius 1 is 1.11 bits per heavy atom. The summed E-state index contributed by atoms with van der Waals surface area (Å²) in [7, 11) is -4.40. The first-order chi connectivity index (χ1) is 8.99. The van der Waals surface area contributed by atoms with Crippen molar-refractivity contribution in [1.82, 2.24) is 0 Å². The summed E-state index contributed by atoms with van der Waals surface area (Å²) in [6.07, 6.45) is 8.14. The summed E-state index contributed by atoms with van der Waals surface area (Å²) in [5, 5.41) is 0. The van der Waals surface area contributed by atoms with E-state index in [0.29, 0.717) is 0 Å². The van der Waals surface area contributed by atoms with E-state index in [0.717, 1.165) is 0 Å². The molecular weight excluding hydrogens is 288 g/mol. The van der Waals surface area contributed by atoms with Gasteiger partial charge in [0, 0.05) is 0 Å². The number of hydrogen-bond acceptors (Lipinski definition) is 3. The van der Waals surface area contributed by atoms with Gasteiger partial charge in [0.05, 0.1) is 11.9 Å². The third-order valence-electron chi connectivity index (χ3n) is 2.49. The Balaban J connectivity index is 0.000000459. The van der Waals surface area contributed by atoms with Crippen molar-refractivity contribution in [3.63, 3.8) is 0 Å². The van der Waals surface area contributed by atoms with Crippen LogP contribution in [0.3, 0.4) is 0 Å². The van der Waals surface area contributed by atoms with Crippen LogP contribution in [-0.4, -0.2) is 13.0 Å². The Kier molecular flexibility index (Phi) is 10.9. The lowest BCUT2D eigenvalue weighted by Crippen LogP contribution is -1.92. The Labute approximate surface area is 120 Å². The Bertz CT molecular complexity index is 406. The van der Waals surface area contributed by atoms with E-state index in [1.807, 2.05) is 0 Å². The monoisotopic (exact) mass is 308 g/mol. The molecule has 0 saturated carbocycles. The maximum absolute atomic E-state index is 9.20. The molecule has 4 nitrogen and oxygen atoms in total. The first kappa shape index (κ1) is 18.4. The molecule has 0 amide bonds. The van der Waals surface area contributed by atoms with Gasteiger partial charge in [-0.15, -0.1) is 3.74 Å². The molecule has 110 valence electrons. The van der Waals surface area contributed by atoms with Gasteiger partial charge in [0.2, 0.25) is 0 Å². The van der Waals surface area contributed by atoms with E-state index in [1.165, 1.54) is 44.1 Å². The molecule has 6 heteroatoms. The molecule has 0 radical (unpaired) electrons. The molecule has 0 spiro atoms. The molecule has 1 aromatic carbocycles. The molecular formula is C13H21ClO4S. The Morgan fingerprint density at radius 3 is 2.11 bits per heavy atom. The lowest BCUT2D eigenvalue weighted by Gasteiger charge is -2.00. The quantitative estimate of drug-likeness (QED) is 0.607. The standard InChI is InChI=1S/C13H20.ClHO4S/c1-2-3-4-5-7-10-13-11-8-6-9-12-13;1-5-6(2,3)4/h6,8-9,11-12H,2-5,7,10H2,1H3;(H,2,3,4). The molecule has 0 aromatic heterocycles. The second kappa shape index (κ2) is 11.2. The van der Waals surface area contributed by atoms with Crippen LogP contribution in [-0.2, 0) is 20.6 Å². The van der Waals surface area contributed by atoms with Crippen LogP contribution in [0.4, 0.5) is 0 Å². The predicted octanol–water partition coefficient (Wildman–Crippen LogP) is 4.16. The predicted molar refractivity (Wildman–Crippen MR) is 77.4 cm³/mol. The van der Waals surface area contributed by atoms with Crippen LogP contribution in [0.1, 0.15) is 44.6 Å². The molecule has 0 saturated heterocycles. The minimum Gasteiger partial charge on any atom is -0.263 e. The summed E-state index contributed by atoms with van der Waals surface area (Å²) in [6.45, 7) is 2.26. The van der Waals surface area contributed by atoms with Crippen LogP contribution < -0.4 is 0 Å². The van der Waals surface area contributed by atoms with Crippen LogP contribution in [0.5, 0.6) is 0 Å². The fourth-order valence-corrected chi connectivity index (χ4v) is 1.58. The maximum Gasteiger partial charge on any atom is 0.413 e. The number of halogens is 1. The summed E-state index contributed by atoms with van der Waals surface area (Å²) >= 11 is 4.14. The second-order valence-electron chi connectivity index (χ2n) is 4.14. The third-order valence-corrected chi connectivity index (χ3v) is 3.13. The largest absolute Gasteiger partial charge is 0.413 e. The van der Waals surface area contributed by atoms with E-state index in [1.54, 1.807) is 0 Å². The molecule has 0 fully saturated rings. The molecule has 0 bridgehead atoms. The molecule has 0 unspecified atom stereocenters. The SMILES string of the molecule is CCCCCCCc1ccccc1.O=S(=O)(O)OCl. The Morgan fingerprint density at radius 2 is 1.63 bits per heavy atom. The minimum absolute atomic E-state index is 1.25. The van der Waals surface area contributed by atoms with E-state index in [4.69, 9.17) is 4.55 Å². The second-order valence-corrected chi connectivity index (χ2v) is 5.50. The summed E-state index contributed by atoms with van der Waals surface area (Å²) in [4.78, 5) is 0. The van der Waals surface area contributed by atoms with Crippen molar-refractivity contribution in [3.8, 4) is 0 Å². The molecule has 0 aliphatic heterocycles. The van der Waals surface area contributed by atoms with Crippen LogP contribution in [0.15, 0.2) is 30.3 Å². The number of unbranched alkanes of at least 4 members (excludes halogenated alkanes) is 4. The van der Waals surface area contributed by atoms with Gasteiger partial charge in [0.1, 0.15) is 0 Å². The highest BCUT2D eigenvalue weighted by atomic mass is 35.5. The van der Waals surface area contributed by atoms with Crippen molar-refractivity contribution in [3.05, 3.63) is 35.9 Å². The van der Waals surface area contributed by atoms with Gasteiger partial charge in [-0.05, 0) is 18.4 Å². The topological polar surface area (TPSA) is 63.6 Å². The zero-order valence-electron chi connectivity index (χ0n) is 11.1. The van der Waals surface area contributed by atoms with Gasteiger partial charge in [-0.2, -0.15) is 8.42 Å². The fourth-order valence-electron chi connectivity index (χ4n) is 1.58. The van der Waals surface area contributed by atoms with E-state index in [9.17, 15) is 8.42 Å². The van der Waals surface area contributed by atoms with Gasteiger partial charge in [0.15, 0.2) is 0 Å². The highest BCUT2D eigenvalue weighted by molar-refractivity contribution is 7.81. The average Bonchev–Trinajstić information content (AvgIpc) is 2.40. The van der Waals surface area contributed by atoms with Crippen LogP contribution in [0.25, 0.3) is 0 Å². The molecule has 0 aliphatic rings. The summed E-state index contributed by atoms with van der Waals surface area (Å²) < 4.78 is 28.8. The van der Waals surface area contributed by atoms with E-state index in [2.05, 4.69) is 52.9 Å². The fraction of sp³-hybridized carbons (Fsp3) is 0.538. The zero-order chi connectivity index (χ0) is 14.6. The first-order valence-corrected chi connectivity index (χ1v) is 7.98. The van der Waals surface area contributed by atoms with Crippen molar-refractivity contribution >= 4 is 22.3 Å². The van der Waals surface area contributed by atoms with Gasteiger partial charge in [0.25, 0.3) is 0 Å². The minimum atomic E-state index is -4.40. The van der Waals surface area contributed by atoms with Gasteiger partial charge in [-0.25, -0.2) is 0 Å². The molecule has 0 heterocycles. The van der Waals surface area contributed by atoms with Crippen molar-refractivity contribution in [2.45, 2.75) is 45.4 Å². The van der Waals surface area contributed by atoms with Gasteiger partial charge < -0.3 is 0 Å². The van der Waals surface area contributed by atoms with Crippen LogP contribution in [0, 0.1) is 0 Å². The number of aryl methyl sites for hydroxylation is 1. The van der Waals surface area contributed by atoms with Crippen LogP contribution >= 0.6 is 11.9 Å². The van der Waals surface area contributed by atoms with Gasteiger partial charge in [-0.3, -0.25) is 4.55 Å². The van der Waals surface area contributed by atoms with E-state index in [-0.39, 0.29) is 0 Å². The van der Waals surface area contributed by atoms with Gasteiger partial charge in [-0.1, -0.05) is 62.9 Å². The first-order valence-electron chi connectivity index (χ1n) is 6.31. The van der Waals surface area contributed by atoms with Crippen molar-refractivity contribution < 1.29 is 16.7 Å². The molecule has 0 aliphatic carbocycles. The highest BCUT2D eigenvalue weighted by Crippen LogP contribution is 2.08. The molecule has 1 N–H and O–H groups in total. The Hall–Kier alpha value is -0.620. The lowest BCUT2D eigenvalue weighted by molar-refractivity contribution is 0.400. The third kappa shape index (κ3) is 13.6. The maximum atomic E-state index is 9.20. The zero-order valence-corrected chi connectivity index (χ0v) is 12.7. The average molecular weight is 309 g/mol. The molecule has 0 atom stereocenters. The van der Waals surface area contributed by atoms with Crippen molar-refractivity contribution in [2.75, 3.05) is 0 Å². The van der Waals surface area contributed by atoms with Crippen molar-refractivity contribution in [1.29, 1.82) is 0 Å². The number of hydrogen-bond donors (Lipinski definition) is 1. The molecule has 19 heavy (non-hydrogen) atoms. The normalized spacial score (nSPS) is 10.7. The van der Waals surface area contributed by atoms with E-state index >= 15 is 0 Å². The number of rotatable bonds is 7. The highest BCUT2D eigenvalue weighted by Gasteiger charge is 1.97. The smallest absolute Gasteiger partial charge is 0.263 e. The number of benzene rings is 1.